The second-order valence-electron chi connectivity index (χ2n) is 5.79. The molecule has 0 aromatic heterocycles. The summed E-state index contributed by atoms with van der Waals surface area (Å²) >= 11 is 5.95. The highest BCUT2D eigenvalue weighted by atomic mass is 35.5. The summed E-state index contributed by atoms with van der Waals surface area (Å²) in [7, 11) is 3.12. The lowest BCUT2D eigenvalue weighted by atomic mass is 10.1. The van der Waals surface area contributed by atoms with E-state index in [0.717, 1.165) is 23.8 Å². The van der Waals surface area contributed by atoms with Crippen LogP contribution in [0, 0.1) is 0 Å². The number of piperazine rings is 1. The van der Waals surface area contributed by atoms with Gasteiger partial charge in [0.1, 0.15) is 17.1 Å². The van der Waals surface area contributed by atoms with Crippen LogP contribution in [-0.2, 0) is 0 Å². The molecule has 0 aliphatic carbocycles. The van der Waals surface area contributed by atoms with E-state index in [1.165, 1.54) is 0 Å². The normalized spacial score (nSPS) is 14.4. The molecular weight excluding hydrogens is 340 g/mol. The van der Waals surface area contributed by atoms with E-state index in [0.29, 0.717) is 30.2 Å². The first-order valence-electron chi connectivity index (χ1n) is 8.15. The molecule has 0 bridgehead atoms. The van der Waals surface area contributed by atoms with Gasteiger partial charge in [-0.3, -0.25) is 4.79 Å². The van der Waals surface area contributed by atoms with Crippen LogP contribution in [0.15, 0.2) is 42.5 Å². The van der Waals surface area contributed by atoms with Gasteiger partial charge < -0.3 is 19.3 Å². The Kier molecular flexibility index (Phi) is 5.34. The molecule has 1 amide bonds. The average molecular weight is 361 g/mol. The van der Waals surface area contributed by atoms with Crippen LogP contribution in [0.5, 0.6) is 11.5 Å². The smallest absolute Gasteiger partial charge is 0.261 e. The first-order chi connectivity index (χ1) is 12.1. The van der Waals surface area contributed by atoms with Crippen molar-refractivity contribution in [2.75, 3.05) is 45.3 Å². The van der Waals surface area contributed by atoms with Crippen LogP contribution < -0.4 is 14.4 Å². The van der Waals surface area contributed by atoms with Gasteiger partial charge >= 0.3 is 0 Å². The molecule has 0 unspecified atom stereocenters. The zero-order valence-electron chi connectivity index (χ0n) is 14.4. The molecule has 5 nitrogen and oxygen atoms in total. The van der Waals surface area contributed by atoms with Gasteiger partial charge in [-0.25, -0.2) is 0 Å². The standard InChI is InChI=1S/C19H21ClN2O3/c1-24-16-4-3-5-17(25-2)18(16)19(23)22-12-10-21(11-13-22)15-8-6-14(20)7-9-15/h3-9H,10-13H2,1-2H3. The Morgan fingerprint density at radius 2 is 1.48 bits per heavy atom. The van der Waals surface area contributed by atoms with Crippen molar-refractivity contribution in [2.24, 2.45) is 0 Å². The minimum Gasteiger partial charge on any atom is -0.496 e. The first-order valence-corrected chi connectivity index (χ1v) is 8.52. The molecule has 0 saturated carbocycles. The van der Waals surface area contributed by atoms with Crippen molar-refractivity contribution < 1.29 is 14.3 Å². The van der Waals surface area contributed by atoms with Gasteiger partial charge in [-0.05, 0) is 36.4 Å². The molecule has 132 valence electrons. The number of carbonyl (C=O) groups is 1. The number of nitrogens with zero attached hydrogens (tertiary/aromatic N) is 2. The number of amides is 1. The molecule has 0 radical (unpaired) electrons. The molecule has 1 aliphatic rings. The fraction of sp³-hybridized carbons (Fsp3) is 0.316. The van der Waals surface area contributed by atoms with Crippen molar-refractivity contribution >= 4 is 23.2 Å². The van der Waals surface area contributed by atoms with E-state index in [-0.39, 0.29) is 5.91 Å². The van der Waals surface area contributed by atoms with E-state index >= 15 is 0 Å². The Hall–Kier alpha value is -2.40. The predicted molar refractivity (Wildman–Crippen MR) is 99.1 cm³/mol. The van der Waals surface area contributed by atoms with Gasteiger partial charge in [-0.1, -0.05) is 17.7 Å². The van der Waals surface area contributed by atoms with Crippen molar-refractivity contribution in [3.05, 3.63) is 53.1 Å². The Labute approximate surface area is 152 Å². The number of hydrogen-bond donors (Lipinski definition) is 0. The topological polar surface area (TPSA) is 42.0 Å². The molecule has 0 atom stereocenters. The summed E-state index contributed by atoms with van der Waals surface area (Å²) in [4.78, 5) is 17.1. The van der Waals surface area contributed by atoms with Crippen molar-refractivity contribution in [2.45, 2.75) is 0 Å². The molecular formula is C19H21ClN2O3. The van der Waals surface area contributed by atoms with Crippen LogP contribution >= 0.6 is 11.6 Å². The molecule has 0 spiro atoms. The summed E-state index contributed by atoms with van der Waals surface area (Å²) in [5.41, 5.74) is 1.60. The zero-order valence-corrected chi connectivity index (χ0v) is 15.1. The number of ether oxygens (including phenoxy) is 2. The van der Waals surface area contributed by atoms with Crippen LogP contribution in [0.2, 0.25) is 5.02 Å². The molecule has 25 heavy (non-hydrogen) atoms. The van der Waals surface area contributed by atoms with Crippen LogP contribution in [-0.4, -0.2) is 51.2 Å². The third kappa shape index (κ3) is 3.66. The lowest BCUT2D eigenvalue weighted by Crippen LogP contribution is -2.48. The summed E-state index contributed by atoms with van der Waals surface area (Å²) in [6, 6.07) is 13.1. The lowest BCUT2D eigenvalue weighted by Gasteiger charge is -2.36. The lowest BCUT2D eigenvalue weighted by molar-refractivity contribution is 0.0740. The number of benzene rings is 2. The number of carbonyl (C=O) groups excluding carboxylic acids is 1. The third-order valence-electron chi connectivity index (χ3n) is 4.40. The average Bonchev–Trinajstić information content (AvgIpc) is 2.67. The fourth-order valence-corrected chi connectivity index (χ4v) is 3.17. The Morgan fingerprint density at radius 3 is 2.00 bits per heavy atom. The van der Waals surface area contributed by atoms with Crippen LogP contribution in [0.25, 0.3) is 0 Å². The monoisotopic (exact) mass is 360 g/mol. The SMILES string of the molecule is COc1cccc(OC)c1C(=O)N1CCN(c2ccc(Cl)cc2)CC1. The van der Waals surface area contributed by atoms with E-state index in [2.05, 4.69) is 4.90 Å². The molecule has 6 heteroatoms. The van der Waals surface area contributed by atoms with Gasteiger partial charge in [0.15, 0.2) is 0 Å². The highest BCUT2D eigenvalue weighted by molar-refractivity contribution is 6.30. The first kappa shape index (κ1) is 17.4. The predicted octanol–water partition coefficient (Wildman–Crippen LogP) is 3.32. The van der Waals surface area contributed by atoms with Gasteiger partial charge in [-0.2, -0.15) is 0 Å². The molecule has 1 aliphatic heterocycles. The third-order valence-corrected chi connectivity index (χ3v) is 4.65. The largest absolute Gasteiger partial charge is 0.496 e. The molecule has 1 heterocycles. The van der Waals surface area contributed by atoms with E-state index in [9.17, 15) is 4.79 Å². The van der Waals surface area contributed by atoms with Crippen molar-refractivity contribution in [3.63, 3.8) is 0 Å². The summed E-state index contributed by atoms with van der Waals surface area (Å²) in [5, 5.41) is 0.723. The molecule has 1 fully saturated rings. The van der Waals surface area contributed by atoms with Gasteiger partial charge in [0.05, 0.1) is 14.2 Å². The van der Waals surface area contributed by atoms with Gasteiger partial charge in [0.2, 0.25) is 0 Å². The van der Waals surface area contributed by atoms with Gasteiger partial charge in [-0.15, -0.1) is 0 Å². The van der Waals surface area contributed by atoms with Crippen LogP contribution in [0.4, 0.5) is 5.69 Å². The Balaban J connectivity index is 1.73. The van der Waals surface area contributed by atoms with Gasteiger partial charge in [0.25, 0.3) is 5.91 Å². The quantitative estimate of drug-likeness (QED) is 0.838. The second kappa shape index (κ2) is 7.66. The molecule has 0 N–H and O–H groups in total. The van der Waals surface area contributed by atoms with Crippen LogP contribution in [0.3, 0.4) is 0 Å². The summed E-state index contributed by atoms with van der Waals surface area (Å²) in [5.74, 6) is 0.999. The maximum atomic E-state index is 13.0. The number of halogens is 1. The van der Waals surface area contributed by atoms with Crippen molar-refractivity contribution in [1.29, 1.82) is 0 Å². The maximum Gasteiger partial charge on any atom is 0.261 e. The number of methoxy groups -OCH3 is 2. The highest BCUT2D eigenvalue weighted by Gasteiger charge is 2.27. The van der Waals surface area contributed by atoms with Crippen molar-refractivity contribution in [3.8, 4) is 11.5 Å². The highest BCUT2D eigenvalue weighted by Crippen LogP contribution is 2.30. The summed E-state index contributed by atoms with van der Waals surface area (Å²) in [6.45, 7) is 2.82. The Bertz CT molecular complexity index is 719. The number of hydrogen-bond acceptors (Lipinski definition) is 4. The van der Waals surface area contributed by atoms with E-state index in [1.54, 1.807) is 26.4 Å². The zero-order chi connectivity index (χ0) is 17.8. The number of anilines is 1. The number of rotatable bonds is 4. The van der Waals surface area contributed by atoms with E-state index in [4.69, 9.17) is 21.1 Å². The summed E-state index contributed by atoms with van der Waals surface area (Å²) in [6.07, 6.45) is 0. The van der Waals surface area contributed by atoms with Crippen LogP contribution in [0.1, 0.15) is 10.4 Å². The molecule has 2 aromatic rings. The Morgan fingerprint density at radius 1 is 0.920 bits per heavy atom. The van der Waals surface area contributed by atoms with Gasteiger partial charge in [0, 0.05) is 36.9 Å². The minimum absolute atomic E-state index is 0.0648. The van der Waals surface area contributed by atoms with E-state index < -0.39 is 0 Å². The molecule has 1 saturated heterocycles. The minimum atomic E-state index is -0.0648. The second-order valence-corrected chi connectivity index (χ2v) is 6.23. The fourth-order valence-electron chi connectivity index (χ4n) is 3.04. The summed E-state index contributed by atoms with van der Waals surface area (Å²) < 4.78 is 10.7. The van der Waals surface area contributed by atoms with E-state index in [1.807, 2.05) is 35.2 Å². The van der Waals surface area contributed by atoms with Crippen molar-refractivity contribution in [1.82, 2.24) is 4.90 Å². The maximum absolute atomic E-state index is 13.0. The molecule has 3 rings (SSSR count). The molecule has 2 aromatic carbocycles.